The minimum absolute atomic E-state index is 0.801. The molecule has 2 N–H and O–H groups in total. The molecule has 0 radical (unpaired) electrons. The lowest BCUT2D eigenvalue weighted by molar-refractivity contribution is 0.415. The molecule has 0 saturated carbocycles. The highest BCUT2D eigenvalue weighted by Gasteiger charge is 1.95. The second-order valence-corrected chi connectivity index (χ2v) is 2.81. The van der Waals surface area contributed by atoms with Gasteiger partial charge in [0.05, 0.1) is 7.11 Å². The highest BCUT2D eigenvalue weighted by atomic mass is 16.5. The number of hydrogen-bond donors (Lipinski definition) is 2. The number of benzene rings is 1. The van der Waals surface area contributed by atoms with Crippen molar-refractivity contribution in [1.29, 1.82) is 0 Å². The number of nitrogens with one attached hydrogen (secondary N) is 2. The summed E-state index contributed by atoms with van der Waals surface area (Å²) >= 11 is 0. The number of aromatic nitrogens is 2. The zero-order chi connectivity index (χ0) is 9.80. The molecule has 4 nitrogen and oxygen atoms in total. The molecule has 72 valence electrons. The van der Waals surface area contributed by atoms with Gasteiger partial charge in [-0.15, -0.1) is 0 Å². The van der Waals surface area contributed by atoms with E-state index in [2.05, 4.69) is 15.5 Å². The van der Waals surface area contributed by atoms with Crippen molar-refractivity contribution >= 4 is 11.5 Å². The molecule has 0 saturated heterocycles. The third-order valence-electron chi connectivity index (χ3n) is 1.86. The van der Waals surface area contributed by atoms with Crippen LogP contribution in [0.15, 0.2) is 36.5 Å². The van der Waals surface area contributed by atoms with Crippen LogP contribution in [-0.2, 0) is 0 Å². The Morgan fingerprint density at radius 1 is 1.21 bits per heavy atom. The molecule has 1 heterocycles. The zero-order valence-corrected chi connectivity index (χ0v) is 7.82. The van der Waals surface area contributed by atoms with Gasteiger partial charge in [0.25, 0.3) is 0 Å². The molecule has 0 unspecified atom stereocenters. The van der Waals surface area contributed by atoms with Crippen molar-refractivity contribution in [1.82, 2.24) is 10.2 Å². The van der Waals surface area contributed by atoms with Crippen LogP contribution in [0, 0.1) is 0 Å². The number of methoxy groups -OCH3 is 1. The van der Waals surface area contributed by atoms with E-state index in [1.165, 1.54) is 0 Å². The smallest absolute Gasteiger partial charge is 0.152 e. The third kappa shape index (κ3) is 1.85. The van der Waals surface area contributed by atoms with E-state index < -0.39 is 0 Å². The molecule has 4 heteroatoms. The van der Waals surface area contributed by atoms with Crippen LogP contribution >= 0.6 is 0 Å². The lowest BCUT2D eigenvalue weighted by Gasteiger charge is -2.03. The van der Waals surface area contributed by atoms with Crippen LogP contribution in [-0.4, -0.2) is 17.3 Å². The molecule has 2 aromatic rings. The standard InChI is InChI=1S/C10H11N3O/c1-14-9-4-2-8(3-5-9)12-10-6-7-11-13-10/h2-7H,1H3,(H2,11,12,13). The van der Waals surface area contributed by atoms with Gasteiger partial charge in [0.15, 0.2) is 5.82 Å². The third-order valence-corrected chi connectivity index (χ3v) is 1.86. The van der Waals surface area contributed by atoms with Gasteiger partial charge >= 0.3 is 0 Å². The van der Waals surface area contributed by atoms with Crippen LogP contribution in [0.5, 0.6) is 5.75 Å². The fourth-order valence-corrected chi connectivity index (χ4v) is 1.15. The maximum absolute atomic E-state index is 5.05. The molecule has 1 aromatic heterocycles. The fraction of sp³-hybridized carbons (Fsp3) is 0.100. The molecule has 0 amide bonds. The van der Waals surface area contributed by atoms with E-state index in [1.807, 2.05) is 30.3 Å². The highest BCUT2D eigenvalue weighted by Crippen LogP contribution is 2.17. The zero-order valence-electron chi connectivity index (χ0n) is 7.82. The van der Waals surface area contributed by atoms with E-state index >= 15 is 0 Å². The SMILES string of the molecule is COc1ccc(Nc2cc[nH]n2)cc1. The molecule has 0 aliphatic rings. The molecule has 0 fully saturated rings. The summed E-state index contributed by atoms with van der Waals surface area (Å²) in [4.78, 5) is 0. The van der Waals surface area contributed by atoms with Crippen molar-refractivity contribution in [3.05, 3.63) is 36.5 Å². The van der Waals surface area contributed by atoms with Gasteiger partial charge in [-0.25, -0.2) is 0 Å². The highest BCUT2D eigenvalue weighted by molar-refractivity contribution is 5.56. The number of nitrogens with zero attached hydrogens (tertiary/aromatic N) is 1. The maximum atomic E-state index is 5.05. The monoisotopic (exact) mass is 189 g/mol. The van der Waals surface area contributed by atoms with Gasteiger partial charge < -0.3 is 10.1 Å². The number of aromatic amines is 1. The van der Waals surface area contributed by atoms with Crippen molar-refractivity contribution in [3.8, 4) is 5.75 Å². The summed E-state index contributed by atoms with van der Waals surface area (Å²) in [6.45, 7) is 0. The van der Waals surface area contributed by atoms with E-state index in [0.29, 0.717) is 0 Å². The summed E-state index contributed by atoms with van der Waals surface area (Å²) in [5, 5.41) is 9.86. The Bertz CT molecular complexity index is 380. The Kier molecular flexibility index (Phi) is 2.36. The first-order valence-corrected chi connectivity index (χ1v) is 4.29. The first-order chi connectivity index (χ1) is 6.88. The number of ether oxygens (including phenoxy) is 1. The molecule has 1 aromatic carbocycles. The Morgan fingerprint density at radius 2 is 2.00 bits per heavy atom. The molecule has 0 aliphatic carbocycles. The molecule has 0 bridgehead atoms. The number of hydrogen-bond acceptors (Lipinski definition) is 3. The van der Waals surface area contributed by atoms with Gasteiger partial charge in [0.1, 0.15) is 5.75 Å². The molecule has 2 rings (SSSR count). The minimum atomic E-state index is 0.801. The lowest BCUT2D eigenvalue weighted by atomic mass is 10.3. The summed E-state index contributed by atoms with van der Waals surface area (Å²) < 4.78 is 5.05. The predicted molar refractivity (Wildman–Crippen MR) is 54.9 cm³/mol. The topological polar surface area (TPSA) is 49.9 Å². The lowest BCUT2D eigenvalue weighted by Crippen LogP contribution is -1.90. The fourth-order valence-electron chi connectivity index (χ4n) is 1.15. The average Bonchev–Trinajstić information content (AvgIpc) is 2.72. The first-order valence-electron chi connectivity index (χ1n) is 4.29. The Hall–Kier alpha value is -1.97. The Labute approximate surface area is 81.9 Å². The van der Waals surface area contributed by atoms with Crippen molar-refractivity contribution < 1.29 is 4.74 Å². The summed E-state index contributed by atoms with van der Waals surface area (Å²) in [6, 6.07) is 9.54. The van der Waals surface area contributed by atoms with Crippen LogP contribution in [0.2, 0.25) is 0 Å². The first kappa shape index (κ1) is 8.62. The minimum Gasteiger partial charge on any atom is -0.497 e. The van der Waals surface area contributed by atoms with Gasteiger partial charge in [-0.05, 0) is 24.3 Å². The van der Waals surface area contributed by atoms with Gasteiger partial charge in [0.2, 0.25) is 0 Å². The average molecular weight is 189 g/mol. The summed E-state index contributed by atoms with van der Waals surface area (Å²) in [5.41, 5.74) is 0.984. The van der Waals surface area contributed by atoms with Crippen LogP contribution in [0.25, 0.3) is 0 Å². The quantitative estimate of drug-likeness (QED) is 0.777. The molecular weight excluding hydrogens is 178 g/mol. The second kappa shape index (κ2) is 3.83. The van der Waals surface area contributed by atoms with Gasteiger partial charge in [0, 0.05) is 18.0 Å². The van der Waals surface area contributed by atoms with Crippen molar-refractivity contribution in [3.63, 3.8) is 0 Å². The van der Waals surface area contributed by atoms with Crippen molar-refractivity contribution in [2.75, 3.05) is 12.4 Å². The predicted octanol–water partition coefficient (Wildman–Crippen LogP) is 2.16. The largest absolute Gasteiger partial charge is 0.497 e. The van der Waals surface area contributed by atoms with Crippen LogP contribution < -0.4 is 10.1 Å². The van der Waals surface area contributed by atoms with Crippen molar-refractivity contribution in [2.45, 2.75) is 0 Å². The number of H-pyrrole nitrogens is 1. The second-order valence-electron chi connectivity index (χ2n) is 2.81. The van der Waals surface area contributed by atoms with Gasteiger partial charge in [-0.2, -0.15) is 5.10 Å². The molecule has 0 spiro atoms. The van der Waals surface area contributed by atoms with E-state index in [9.17, 15) is 0 Å². The van der Waals surface area contributed by atoms with Gasteiger partial charge in [-0.3, -0.25) is 5.10 Å². The van der Waals surface area contributed by atoms with Crippen molar-refractivity contribution in [2.24, 2.45) is 0 Å². The molecule has 14 heavy (non-hydrogen) atoms. The Balaban J connectivity index is 2.10. The van der Waals surface area contributed by atoms with E-state index in [-0.39, 0.29) is 0 Å². The van der Waals surface area contributed by atoms with E-state index in [4.69, 9.17) is 4.74 Å². The van der Waals surface area contributed by atoms with E-state index in [1.54, 1.807) is 13.3 Å². The van der Waals surface area contributed by atoms with Crippen LogP contribution in [0.4, 0.5) is 11.5 Å². The maximum Gasteiger partial charge on any atom is 0.152 e. The number of rotatable bonds is 3. The van der Waals surface area contributed by atoms with Crippen LogP contribution in [0.3, 0.4) is 0 Å². The summed E-state index contributed by atoms with van der Waals surface area (Å²) in [5.74, 6) is 1.65. The van der Waals surface area contributed by atoms with Crippen LogP contribution in [0.1, 0.15) is 0 Å². The van der Waals surface area contributed by atoms with Gasteiger partial charge in [-0.1, -0.05) is 0 Å². The van der Waals surface area contributed by atoms with E-state index in [0.717, 1.165) is 17.3 Å². The summed E-state index contributed by atoms with van der Waals surface area (Å²) in [7, 11) is 1.65. The molecular formula is C10H11N3O. The summed E-state index contributed by atoms with van der Waals surface area (Å²) in [6.07, 6.45) is 1.77. The molecule has 0 aliphatic heterocycles. The normalized spacial score (nSPS) is 9.79. The number of anilines is 2. The Morgan fingerprint density at radius 3 is 2.57 bits per heavy atom. The molecule has 0 atom stereocenters.